The molecular weight excluding hydrogens is 224 g/mol. The van der Waals surface area contributed by atoms with E-state index in [1.165, 1.54) is 0 Å². The van der Waals surface area contributed by atoms with Gasteiger partial charge < -0.3 is 14.9 Å². The van der Waals surface area contributed by atoms with Gasteiger partial charge in [0, 0.05) is 5.39 Å². The smallest absolute Gasteiger partial charge is 0.337 e. The Hall–Kier alpha value is -1.92. The highest BCUT2D eigenvalue weighted by Gasteiger charge is 2.26. The Morgan fingerprint density at radius 3 is 2.94 bits per heavy atom. The van der Waals surface area contributed by atoms with E-state index in [0.29, 0.717) is 5.56 Å². The second kappa shape index (κ2) is 4.52. The van der Waals surface area contributed by atoms with E-state index >= 15 is 0 Å². The minimum atomic E-state index is -1.60. The Balaban J connectivity index is 2.29. The van der Waals surface area contributed by atoms with Crippen LogP contribution >= 0.6 is 0 Å². The number of rotatable bonds is 3. The van der Waals surface area contributed by atoms with Crippen LogP contribution in [0.1, 0.15) is 11.7 Å². The van der Waals surface area contributed by atoms with E-state index < -0.39 is 18.2 Å². The van der Waals surface area contributed by atoms with Gasteiger partial charge in [0.2, 0.25) is 0 Å². The molecule has 90 valence electrons. The molecule has 1 aromatic carbocycles. The number of nitrogens with one attached hydrogen (secondary N) is 1. The van der Waals surface area contributed by atoms with Gasteiger partial charge in [0.25, 0.3) is 0 Å². The first kappa shape index (κ1) is 11.6. The summed E-state index contributed by atoms with van der Waals surface area (Å²) in [5, 5.41) is 26.8. The molecule has 0 aliphatic rings. The fraction of sp³-hybridized carbons (Fsp3) is 0.273. The van der Waals surface area contributed by atoms with E-state index in [1.54, 1.807) is 24.4 Å². The van der Waals surface area contributed by atoms with E-state index in [1.807, 2.05) is 0 Å². The molecule has 2 unspecified atom stereocenters. The Labute approximate surface area is 96.8 Å². The predicted molar refractivity (Wildman–Crippen MR) is 59.1 cm³/mol. The maximum Gasteiger partial charge on any atom is 0.337 e. The van der Waals surface area contributed by atoms with Gasteiger partial charge in [0.05, 0.1) is 18.8 Å². The number of fused-ring (bicyclic) bond motifs is 1. The van der Waals surface area contributed by atoms with Crippen molar-refractivity contribution in [2.75, 3.05) is 7.11 Å². The van der Waals surface area contributed by atoms with Crippen LogP contribution in [-0.4, -0.2) is 39.6 Å². The molecule has 1 heterocycles. The SMILES string of the molecule is COC(=O)C(O)C(O)c1ccc2cn[nH]c2c1. The molecule has 0 amide bonds. The largest absolute Gasteiger partial charge is 0.467 e. The first-order chi connectivity index (χ1) is 8.13. The average molecular weight is 236 g/mol. The lowest BCUT2D eigenvalue weighted by Gasteiger charge is -2.15. The van der Waals surface area contributed by atoms with Crippen molar-refractivity contribution in [1.29, 1.82) is 0 Å². The highest BCUT2D eigenvalue weighted by atomic mass is 16.5. The van der Waals surface area contributed by atoms with Crippen molar-refractivity contribution in [1.82, 2.24) is 10.2 Å². The monoisotopic (exact) mass is 236 g/mol. The summed E-state index contributed by atoms with van der Waals surface area (Å²) < 4.78 is 4.36. The Kier molecular flexibility index (Phi) is 3.08. The number of carbonyl (C=O) groups is 1. The summed E-state index contributed by atoms with van der Waals surface area (Å²) >= 11 is 0. The molecule has 0 saturated carbocycles. The minimum absolute atomic E-state index is 0.416. The maximum atomic E-state index is 11.1. The van der Waals surface area contributed by atoms with Crippen molar-refractivity contribution in [3.8, 4) is 0 Å². The van der Waals surface area contributed by atoms with Gasteiger partial charge in [-0.25, -0.2) is 4.79 Å². The minimum Gasteiger partial charge on any atom is -0.467 e. The van der Waals surface area contributed by atoms with Gasteiger partial charge in [0.15, 0.2) is 6.10 Å². The van der Waals surface area contributed by atoms with Crippen LogP contribution in [-0.2, 0) is 9.53 Å². The summed E-state index contributed by atoms with van der Waals surface area (Å²) in [6.45, 7) is 0. The molecule has 2 atom stereocenters. The topological polar surface area (TPSA) is 95.4 Å². The maximum absolute atomic E-state index is 11.1. The summed E-state index contributed by atoms with van der Waals surface area (Å²) in [6.07, 6.45) is -1.28. The van der Waals surface area contributed by atoms with Crippen LogP contribution in [0, 0.1) is 0 Å². The van der Waals surface area contributed by atoms with Crippen molar-refractivity contribution in [2.45, 2.75) is 12.2 Å². The summed E-state index contributed by atoms with van der Waals surface area (Å²) in [5.74, 6) is -0.873. The van der Waals surface area contributed by atoms with Crippen LogP contribution in [0.3, 0.4) is 0 Å². The van der Waals surface area contributed by atoms with Gasteiger partial charge >= 0.3 is 5.97 Å². The number of nitrogens with zero attached hydrogens (tertiary/aromatic N) is 1. The number of aliphatic hydroxyl groups is 2. The van der Waals surface area contributed by atoms with Gasteiger partial charge in [0.1, 0.15) is 6.10 Å². The molecule has 0 radical (unpaired) electrons. The number of aliphatic hydroxyl groups excluding tert-OH is 2. The van der Waals surface area contributed by atoms with Crippen molar-refractivity contribution >= 4 is 16.9 Å². The molecule has 0 saturated heterocycles. The summed E-state index contributed by atoms with van der Waals surface area (Å²) in [5.41, 5.74) is 1.14. The zero-order valence-electron chi connectivity index (χ0n) is 9.12. The molecule has 6 heteroatoms. The van der Waals surface area contributed by atoms with E-state index in [0.717, 1.165) is 18.0 Å². The lowest BCUT2D eigenvalue weighted by Crippen LogP contribution is -2.28. The molecule has 17 heavy (non-hydrogen) atoms. The van der Waals surface area contributed by atoms with Gasteiger partial charge in [-0.1, -0.05) is 12.1 Å². The molecule has 2 aromatic rings. The van der Waals surface area contributed by atoms with Gasteiger partial charge in [-0.05, 0) is 11.6 Å². The molecule has 6 nitrogen and oxygen atoms in total. The third-order valence-electron chi connectivity index (χ3n) is 2.55. The van der Waals surface area contributed by atoms with Crippen LogP contribution in [0.5, 0.6) is 0 Å². The van der Waals surface area contributed by atoms with Crippen LogP contribution < -0.4 is 0 Å². The molecule has 2 rings (SSSR count). The molecule has 0 spiro atoms. The second-order valence-corrected chi connectivity index (χ2v) is 3.63. The summed E-state index contributed by atoms with van der Waals surface area (Å²) in [7, 11) is 1.15. The third-order valence-corrected chi connectivity index (χ3v) is 2.55. The Morgan fingerprint density at radius 2 is 2.24 bits per heavy atom. The number of benzene rings is 1. The van der Waals surface area contributed by atoms with Gasteiger partial charge in [-0.15, -0.1) is 0 Å². The van der Waals surface area contributed by atoms with E-state index in [4.69, 9.17) is 0 Å². The average Bonchev–Trinajstić information content (AvgIpc) is 2.83. The number of H-pyrrole nitrogens is 1. The zero-order valence-corrected chi connectivity index (χ0v) is 9.12. The molecule has 0 bridgehead atoms. The van der Waals surface area contributed by atoms with Crippen LogP contribution in [0.2, 0.25) is 0 Å². The lowest BCUT2D eigenvalue weighted by molar-refractivity contribution is -0.156. The number of aromatic nitrogens is 2. The molecule has 0 aliphatic carbocycles. The molecule has 0 fully saturated rings. The number of hydrogen-bond acceptors (Lipinski definition) is 5. The Bertz CT molecular complexity index is 537. The zero-order chi connectivity index (χ0) is 12.4. The van der Waals surface area contributed by atoms with E-state index in [2.05, 4.69) is 14.9 Å². The van der Waals surface area contributed by atoms with Crippen molar-refractivity contribution in [3.05, 3.63) is 30.0 Å². The number of carbonyl (C=O) groups excluding carboxylic acids is 1. The van der Waals surface area contributed by atoms with Crippen LogP contribution in [0.15, 0.2) is 24.4 Å². The first-order valence-electron chi connectivity index (χ1n) is 5.00. The summed E-state index contributed by atoms with van der Waals surface area (Å²) in [4.78, 5) is 11.1. The summed E-state index contributed by atoms with van der Waals surface area (Å²) in [6, 6.07) is 4.98. The number of ether oxygens (including phenoxy) is 1. The van der Waals surface area contributed by atoms with E-state index in [-0.39, 0.29) is 0 Å². The van der Waals surface area contributed by atoms with Crippen molar-refractivity contribution in [2.24, 2.45) is 0 Å². The highest BCUT2D eigenvalue weighted by molar-refractivity contribution is 5.79. The van der Waals surface area contributed by atoms with Crippen molar-refractivity contribution in [3.63, 3.8) is 0 Å². The highest BCUT2D eigenvalue weighted by Crippen LogP contribution is 2.21. The molecule has 1 aromatic heterocycles. The van der Waals surface area contributed by atoms with Crippen LogP contribution in [0.4, 0.5) is 0 Å². The third kappa shape index (κ3) is 2.13. The van der Waals surface area contributed by atoms with Crippen molar-refractivity contribution < 1.29 is 19.7 Å². The van der Waals surface area contributed by atoms with Gasteiger partial charge in [-0.2, -0.15) is 5.10 Å². The second-order valence-electron chi connectivity index (χ2n) is 3.63. The fourth-order valence-electron chi connectivity index (χ4n) is 1.57. The van der Waals surface area contributed by atoms with E-state index in [9.17, 15) is 15.0 Å². The molecular formula is C11H12N2O4. The lowest BCUT2D eigenvalue weighted by atomic mass is 10.0. The first-order valence-corrected chi connectivity index (χ1v) is 5.00. The number of aromatic amines is 1. The standard InChI is InChI=1S/C11H12N2O4/c1-17-11(16)10(15)9(14)6-2-3-7-5-12-13-8(7)4-6/h2-5,9-10,14-15H,1H3,(H,12,13). The normalized spacial score (nSPS) is 14.5. The van der Waals surface area contributed by atoms with Crippen LogP contribution in [0.25, 0.3) is 10.9 Å². The fourth-order valence-corrected chi connectivity index (χ4v) is 1.57. The number of hydrogen-bond donors (Lipinski definition) is 3. The molecule has 3 N–H and O–H groups in total. The quantitative estimate of drug-likeness (QED) is 0.658. The predicted octanol–water partition coefficient (Wildman–Crippen LogP) is 0.130. The number of esters is 1. The van der Waals surface area contributed by atoms with Gasteiger partial charge in [-0.3, -0.25) is 5.10 Å². The number of methoxy groups -OCH3 is 1. The molecule has 0 aliphatic heterocycles. The Morgan fingerprint density at radius 1 is 1.47 bits per heavy atom.